The summed E-state index contributed by atoms with van der Waals surface area (Å²) in [6.45, 7) is 0.0468. The van der Waals surface area contributed by atoms with Crippen molar-refractivity contribution in [2.75, 3.05) is 6.54 Å². The number of alkyl halides is 3. The summed E-state index contributed by atoms with van der Waals surface area (Å²) in [7, 11) is 0. The maximum Gasteiger partial charge on any atom is 0.416 e. The van der Waals surface area contributed by atoms with Gasteiger partial charge in [0.15, 0.2) is 0 Å². The third kappa shape index (κ3) is 8.31. The van der Waals surface area contributed by atoms with Gasteiger partial charge in [-0.05, 0) is 61.2 Å². The van der Waals surface area contributed by atoms with E-state index in [-0.39, 0.29) is 25.0 Å². The van der Waals surface area contributed by atoms with Crippen molar-refractivity contribution in [1.82, 2.24) is 10.3 Å². The zero-order valence-electron chi connectivity index (χ0n) is 22.1. The van der Waals surface area contributed by atoms with E-state index in [2.05, 4.69) is 10.3 Å². The molecule has 0 spiro atoms. The number of nitrogens with zero attached hydrogens (tertiary/aromatic N) is 1. The van der Waals surface area contributed by atoms with Crippen LogP contribution in [-0.2, 0) is 11.0 Å². The molecular formula is C31H33F3N2O4. The van der Waals surface area contributed by atoms with E-state index in [1.807, 2.05) is 6.07 Å². The van der Waals surface area contributed by atoms with Crippen molar-refractivity contribution in [3.8, 4) is 17.0 Å². The molecule has 1 aliphatic carbocycles. The number of rotatable bonds is 11. The second-order valence-corrected chi connectivity index (χ2v) is 10.2. The molecule has 1 heterocycles. The van der Waals surface area contributed by atoms with Gasteiger partial charge < -0.3 is 15.2 Å². The molecule has 0 saturated heterocycles. The molecule has 40 heavy (non-hydrogen) atoms. The van der Waals surface area contributed by atoms with Crippen LogP contribution in [0.3, 0.4) is 0 Å². The Kier molecular flexibility index (Phi) is 9.79. The second-order valence-electron chi connectivity index (χ2n) is 10.2. The number of aromatic nitrogens is 1. The van der Waals surface area contributed by atoms with Gasteiger partial charge in [0.05, 0.1) is 17.7 Å². The molecule has 9 heteroatoms. The lowest BCUT2D eigenvalue weighted by Gasteiger charge is -2.25. The fourth-order valence-corrected chi connectivity index (χ4v) is 4.99. The van der Waals surface area contributed by atoms with Crippen molar-refractivity contribution < 1.29 is 32.6 Å². The average Bonchev–Trinajstić information content (AvgIpc) is 2.95. The first kappa shape index (κ1) is 29.1. The first-order valence-corrected chi connectivity index (χ1v) is 13.6. The number of hydrogen-bond acceptors (Lipinski definition) is 4. The molecule has 0 bridgehead atoms. The number of carbonyl (C=O) groups excluding carboxylic acids is 1. The molecule has 1 aliphatic rings. The summed E-state index contributed by atoms with van der Waals surface area (Å²) >= 11 is 0. The maximum atomic E-state index is 12.9. The molecule has 4 rings (SSSR count). The first-order chi connectivity index (χ1) is 19.2. The molecule has 1 atom stereocenters. The minimum absolute atomic E-state index is 0.0468. The van der Waals surface area contributed by atoms with Gasteiger partial charge in [-0.2, -0.15) is 13.2 Å². The van der Waals surface area contributed by atoms with Crippen molar-refractivity contribution in [3.63, 3.8) is 0 Å². The summed E-state index contributed by atoms with van der Waals surface area (Å²) in [4.78, 5) is 27.4. The number of hydrogen-bond donors (Lipinski definition) is 2. The minimum Gasteiger partial charge on any atom is -0.486 e. The van der Waals surface area contributed by atoms with Gasteiger partial charge >= 0.3 is 12.1 Å². The van der Waals surface area contributed by atoms with Crippen LogP contribution < -0.4 is 10.1 Å². The first-order valence-electron chi connectivity index (χ1n) is 13.6. The summed E-state index contributed by atoms with van der Waals surface area (Å²) in [6.07, 6.45) is 4.87. The van der Waals surface area contributed by atoms with Crippen molar-refractivity contribution in [2.24, 2.45) is 5.92 Å². The van der Waals surface area contributed by atoms with Gasteiger partial charge in [0.2, 0.25) is 0 Å². The number of carboxylic acid groups (broad SMARTS) is 1. The van der Waals surface area contributed by atoms with E-state index in [4.69, 9.17) is 9.84 Å². The lowest BCUT2D eigenvalue weighted by atomic mass is 9.85. The van der Waals surface area contributed by atoms with Gasteiger partial charge in [0.1, 0.15) is 11.9 Å². The lowest BCUT2D eigenvalue weighted by Crippen LogP contribution is -2.25. The molecule has 1 aromatic heterocycles. The molecule has 1 fully saturated rings. The van der Waals surface area contributed by atoms with Crippen LogP contribution in [0.4, 0.5) is 13.2 Å². The van der Waals surface area contributed by atoms with Crippen molar-refractivity contribution in [1.29, 1.82) is 0 Å². The van der Waals surface area contributed by atoms with E-state index in [9.17, 15) is 22.8 Å². The molecule has 0 aliphatic heterocycles. The van der Waals surface area contributed by atoms with E-state index in [1.54, 1.807) is 36.5 Å². The third-order valence-corrected chi connectivity index (χ3v) is 7.25. The van der Waals surface area contributed by atoms with Gasteiger partial charge in [-0.1, -0.05) is 50.3 Å². The highest BCUT2D eigenvalue weighted by molar-refractivity contribution is 5.94. The summed E-state index contributed by atoms with van der Waals surface area (Å²) in [5.74, 6) is -0.103. The van der Waals surface area contributed by atoms with Crippen LogP contribution in [0.2, 0.25) is 0 Å². The predicted octanol–water partition coefficient (Wildman–Crippen LogP) is 7.45. The summed E-state index contributed by atoms with van der Waals surface area (Å²) in [5.41, 5.74) is 1.73. The Labute approximate surface area is 231 Å². The second kappa shape index (κ2) is 13.5. The smallest absolute Gasteiger partial charge is 0.416 e. The van der Waals surface area contributed by atoms with Crippen LogP contribution in [-0.4, -0.2) is 28.5 Å². The summed E-state index contributed by atoms with van der Waals surface area (Å²) in [6, 6.07) is 15.3. The maximum absolute atomic E-state index is 12.9. The molecule has 3 aromatic rings. The van der Waals surface area contributed by atoms with E-state index in [0.717, 1.165) is 30.5 Å². The Bertz CT molecular complexity index is 1250. The SMILES string of the molecule is O=C(O)CCNC(=O)c1ccc(O[C@H](CCC2CCCCC2)c2ccc(-c3ccc(C(F)(F)F)cc3)nc2)cc1. The Hall–Kier alpha value is -3.88. The predicted molar refractivity (Wildman–Crippen MR) is 145 cm³/mol. The largest absolute Gasteiger partial charge is 0.486 e. The lowest BCUT2D eigenvalue weighted by molar-refractivity contribution is -0.138. The van der Waals surface area contributed by atoms with Crippen LogP contribution in [0.1, 0.15) is 79.0 Å². The normalized spacial score (nSPS) is 14.9. The standard InChI is InChI=1S/C31H33F3N2O4/c32-31(33,34)25-12-7-22(8-13-25)27-16-11-24(20-36-27)28(17-6-21-4-2-1-3-5-21)40-26-14-9-23(10-15-26)30(39)35-19-18-29(37)38/h7-16,20-21,28H,1-6,17-19H2,(H,35,39)(H,37,38)/t28-/m1/s1. The molecular weight excluding hydrogens is 521 g/mol. The fourth-order valence-electron chi connectivity index (χ4n) is 4.99. The van der Waals surface area contributed by atoms with E-state index in [0.29, 0.717) is 28.5 Å². The van der Waals surface area contributed by atoms with Crippen LogP contribution in [0, 0.1) is 5.92 Å². The van der Waals surface area contributed by atoms with Crippen molar-refractivity contribution in [3.05, 3.63) is 83.6 Å². The molecule has 212 valence electrons. The summed E-state index contributed by atoms with van der Waals surface area (Å²) in [5, 5.41) is 11.3. The molecule has 2 aromatic carbocycles. The van der Waals surface area contributed by atoms with Crippen LogP contribution in [0.5, 0.6) is 5.75 Å². The van der Waals surface area contributed by atoms with Gasteiger partial charge in [0.25, 0.3) is 5.91 Å². The van der Waals surface area contributed by atoms with Gasteiger partial charge in [0, 0.05) is 29.4 Å². The number of pyridine rings is 1. The number of benzene rings is 2. The average molecular weight is 555 g/mol. The quantitative estimate of drug-likeness (QED) is 0.257. The van der Waals surface area contributed by atoms with Gasteiger partial charge in [-0.3, -0.25) is 14.6 Å². The van der Waals surface area contributed by atoms with Crippen molar-refractivity contribution in [2.45, 2.75) is 63.6 Å². The molecule has 1 saturated carbocycles. The Morgan fingerprint density at radius 2 is 1.68 bits per heavy atom. The monoisotopic (exact) mass is 554 g/mol. The van der Waals surface area contributed by atoms with E-state index in [1.165, 1.54) is 44.2 Å². The highest BCUT2D eigenvalue weighted by Crippen LogP contribution is 2.34. The number of ether oxygens (including phenoxy) is 1. The Morgan fingerprint density at radius 1 is 0.975 bits per heavy atom. The third-order valence-electron chi connectivity index (χ3n) is 7.25. The van der Waals surface area contributed by atoms with Crippen LogP contribution in [0.25, 0.3) is 11.3 Å². The Balaban J connectivity index is 1.46. The van der Waals surface area contributed by atoms with E-state index < -0.39 is 17.7 Å². The number of carboxylic acids is 1. The fraction of sp³-hybridized carbons (Fsp3) is 0.387. The number of carbonyl (C=O) groups is 2. The number of halogens is 3. The zero-order chi connectivity index (χ0) is 28.5. The van der Waals surface area contributed by atoms with Crippen molar-refractivity contribution >= 4 is 11.9 Å². The zero-order valence-corrected chi connectivity index (χ0v) is 22.1. The molecule has 6 nitrogen and oxygen atoms in total. The molecule has 1 amide bonds. The summed E-state index contributed by atoms with van der Waals surface area (Å²) < 4.78 is 45.1. The number of aliphatic carboxylic acids is 1. The topological polar surface area (TPSA) is 88.5 Å². The van der Waals surface area contributed by atoms with Gasteiger partial charge in [-0.15, -0.1) is 0 Å². The number of nitrogens with one attached hydrogen (secondary N) is 1. The minimum atomic E-state index is -4.39. The molecule has 2 N–H and O–H groups in total. The highest BCUT2D eigenvalue weighted by Gasteiger charge is 2.30. The highest BCUT2D eigenvalue weighted by atomic mass is 19.4. The van der Waals surface area contributed by atoms with Crippen LogP contribution in [0.15, 0.2) is 66.9 Å². The number of amides is 1. The van der Waals surface area contributed by atoms with E-state index >= 15 is 0 Å². The van der Waals surface area contributed by atoms with Crippen LogP contribution >= 0.6 is 0 Å². The molecule has 0 radical (unpaired) electrons. The van der Waals surface area contributed by atoms with Gasteiger partial charge in [-0.25, -0.2) is 0 Å². The Morgan fingerprint density at radius 3 is 2.27 bits per heavy atom. The molecule has 0 unspecified atom stereocenters.